The summed E-state index contributed by atoms with van der Waals surface area (Å²) in [5, 5.41) is 14.4. The molecule has 1 heterocycles. The number of anilines is 2. The Morgan fingerprint density at radius 3 is 2.29 bits per heavy atom. The Bertz CT molecular complexity index is 839. The van der Waals surface area contributed by atoms with Crippen molar-refractivity contribution in [1.29, 1.82) is 0 Å². The molecule has 8 heteroatoms. The standard InChI is InChI=1S/C20H21N3O5/c24-18(25)12-17-13-28-11-10-23(17)19(26)14-6-8-16(9-7-14)22-20(27)21-15-4-2-1-3-5-15/h1-9,17H,10-13H2,(H,24,25)(H2,21,22,27). The number of morpholine rings is 1. The number of carboxylic acids is 1. The van der Waals surface area contributed by atoms with E-state index in [4.69, 9.17) is 9.84 Å². The third-order valence-electron chi connectivity index (χ3n) is 4.32. The Morgan fingerprint density at radius 2 is 1.64 bits per heavy atom. The summed E-state index contributed by atoms with van der Waals surface area (Å²) < 4.78 is 5.30. The van der Waals surface area contributed by atoms with Gasteiger partial charge in [-0.3, -0.25) is 9.59 Å². The van der Waals surface area contributed by atoms with Crippen LogP contribution in [0.2, 0.25) is 0 Å². The highest BCUT2D eigenvalue weighted by atomic mass is 16.5. The number of carbonyl (C=O) groups excluding carboxylic acids is 2. The minimum Gasteiger partial charge on any atom is -0.481 e. The first kappa shape index (κ1) is 19.4. The van der Waals surface area contributed by atoms with Crippen molar-refractivity contribution in [3.63, 3.8) is 0 Å². The fourth-order valence-electron chi connectivity index (χ4n) is 2.97. The van der Waals surface area contributed by atoms with E-state index in [1.165, 1.54) is 4.90 Å². The second kappa shape index (κ2) is 9.01. The van der Waals surface area contributed by atoms with Crippen LogP contribution in [0.3, 0.4) is 0 Å². The van der Waals surface area contributed by atoms with Crippen LogP contribution in [0.4, 0.5) is 16.2 Å². The number of aliphatic carboxylic acids is 1. The van der Waals surface area contributed by atoms with Crippen molar-refractivity contribution < 1.29 is 24.2 Å². The highest BCUT2D eigenvalue weighted by molar-refractivity contribution is 6.00. The highest BCUT2D eigenvalue weighted by Gasteiger charge is 2.29. The molecule has 8 nitrogen and oxygen atoms in total. The topological polar surface area (TPSA) is 108 Å². The minimum absolute atomic E-state index is 0.162. The van der Waals surface area contributed by atoms with Crippen LogP contribution in [-0.4, -0.2) is 53.7 Å². The molecule has 3 amide bonds. The molecule has 0 spiro atoms. The molecule has 3 rings (SSSR count). The number of para-hydroxylation sites is 1. The summed E-state index contributed by atoms with van der Waals surface area (Å²) in [6.45, 7) is 0.925. The highest BCUT2D eigenvalue weighted by Crippen LogP contribution is 2.17. The molecule has 0 radical (unpaired) electrons. The van der Waals surface area contributed by atoms with Gasteiger partial charge in [-0.1, -0.05) is 18.2 Å². The predicted molar refractivity (Wildman–Crippen MR) is 103 cm³/mol. The second-order valence-electron chi connectivity index (χ2n) is 6.35. The van der Waals surface area contributed by atoms with Gasteiger partial charge >= 0.3 is 12.0 Å². The Balaban J connectivity index is 1.62. The molecule has 1 unspecified atom stereocenters. The van der Waals surface area contributed by atoms with Gasteiger partial charge in [0.15, 0.2) is 0 Å². The van der Waals surface area contributed by atoms with Crippen molar-refractivity contribution in [2.45, 2.75) is 12.5 Å². The quantitative estimate of drug-likeness (QED) is 0.736. The number of benzene rings is 2. The number of hydrogen-bond acceptors (Lipinski definition) is 4. The van der Waals surface area contributed by atoms with Crippen molar-refractivity contribution in [2.24, 2.45) is 0 Å². The Morgan fingerprint density at radius 1 is 1.00 bits per heavy atom. The third kappa shape index (κ3) is 5.08. The smallest absolute Gasteiger partial charge is 0.323 e. The molecule has 1 fully saturated rings. The molecule has 0 saturated carbocycles. The maximum absolute atomic E-state index is 12.7. The van der Waals surface area contributed by atoms with Gasteiger partial charge in [-0.2, -0.15) is 0 Å². The zero-order valence-electron chi connectivity index (χ0n) is 15.1. The van der Waals surface area contributed by atoms with Gasteiger partial charge in [-0.25, -0.2) is 4.79 Å². The van der Waals surface area contributed by atoms with E-state index in [2.05, 4.69) is 10.6 Å². The summed E-state index contributed by atoms with van der Waals surface area (Å²) in [4.78, 5) is 37.3. The van der Waals surface area contributed by atoms with E-state index in [0.29, 0.717) is 30.1 Å². The van der Waals surface area contributed by atoms with Gasteiger partial charge in [0.05, 0.1) is 25.7 Å². The van der Waals surface area contributed by atoms with E-state index in [1.54, 1.807) is 36.4 Å². The number of amides is 3. The number of carboxylic acid groups (broad SMARTS) is 1. The van der Waals surface area contributed by atoms with Crippen LogP contribution in [0.15, 0.2) is 54.6 Å². The van der Waals surface area contributed by atoms with E-state index in [0.717, 1.165) is 0 Å². The Kier molecular flexibility index (Phi) is 6.23. The molecule has 0 aromatic heterocycles. The molecular formula is C20H21N3O5. The van der Waals surface area contributed by atoms with Crippen LogP contribution in [0.1, 0.15) is 16.8 Å². The number of hydrogen-bond donors (Lipinski definition) is 3. The molecule has 146 valence electrons. The van der Waals surface area contributed by atoms with Crippen LogP contribution in [0.5, 0.6) is 0 Å². The summed E-state index contributed by atoms with van der Waals surface area (Å²) >= 11 is 0. The van der Waals surface area contributed by atoms with Crippen molar-refractivity contribution in [3.05, 3.63) is 60.2 Å². The summed E-state index contributed by atoms with van der Waals surface area (Å²) in [6, 6.07) is 14.6. The lowest BCUT2D eigenvalue weighted by molar-refractivity contribution is -0.139. The maximum atomic E-state index is 12.7. The van der Waals surface area contributed by atoms with Crippen molar-refractivity contribution >= 4 is 29.3 Å². The first-order chi connectivity index (χ1) is 13.5. The molecule has 1 atom stereocenters. The van der Waals surface area contributed by atoms with Gasteiger partial charge in [0.25, 0.3) is 5.91 Å². The van der Waals surface area contributed by atoms with E-state index in [-0.39, 0.29) is 25.0 Å². The fraction of sp³-hybridized carbons (Fsp3) is 0.250. The van der Waals surface area contributed by atoms with Crippen LogP contribution in [0.25, 0.3) is 0 Å². The monoisotopic (exact) mass is 383 g/mol. The van der Waals surface area contributed by atoms with Gasteiger partial charge in [-0.05, 0) is 36.4 Å². The zero-order chi connectivity index (χ0) is 19.9. The second-order valence-corrected chi connectivity index (χ2v) is 6.35. The normalized spacial score (nSPS) is 16.3. The molecule has 0 bridgehead atoms. The zero-order valence-corrected chi connectivity index (χ0v) is 15.1. The first-order valence-electron chi connectivity index (χ1n) is 8.86. The Labute approximate surface area is 162 Å². The molecular weight excluding hydrogens is 362 g/mol. The average Bonchev–Trinajstić information content (AvgIpc) is 2.69. The van der Waals surface area contributed by atoms with Gasteiger partial charge in [0, 0.05) is 23.5 Å². The van der Waals surface area contributed by atoms with Gasteiger partial charge in [0.2, 0.25) is 0 Å². The van der Waals surface area contributed by atoms with Gasteiger partial charge in [0.1, 0.15) is 0 Å². The predicted octanol–water partition coefficient (Wildman–Crippen LogP) is 2.65. The summed E-state index contributed by atoms with van der Waals surface area (Å²) in [5.74, 6) is -1.23. The van der Waals surface area contributed by atoms with Crippen LogP contribution >= 0.6 is 0 Å². The number of ether oxygens (including phenoxy) is 1. The lowest BCUT2D eigenvalue weighted by atomic mass is 10.1. The molecule has 1 saturated heterocycles. The molecule has 0 aliphatic carbocycles. The van der Waals surface area contributed by atoms with Crippen molar-refractivity contribution in [1.82, 2.24) is 4.90 Å². The largest absolute Gasteiger partial charge is 0.481 e. The lowest BCUT2D eigenvalue weighted by Gasteiger charge is -2.34. The number of nitrogens with zero attached hydrogens (tertiary/aromatic N) is 1. The first-order valence-corrected chi connectivity index (χ1v) is 8.86. The minimum atomic E-state index is -0.975. The maximum Gasteiger partial charge on any atom is 0.323 e. The van der Waals surface area contributed by atoms with E-state index >= 15 is 0 Å². The van der Waals surface area contributed by atoms with Crippen molar-refractivity contribution in [2.75, 3.05) is 30.4 Å². The number of carbonyl (C=O) groups is 3. The summed E-state index contributed by atoms with van der Waals surface area (Å²) in [7, 11) is 0. The third-order valence-corrected chi connectivity index (χ3v) is 4.32. The number of urea groups is 1. The fourth-order valence-corrected chi connectivity index (χ4v) is 2.97. The molecule has 2 aromatic carbocycles. The van der Waals surface area contributed by atoms with Crippen molar-refractivity contribution in [3.8, 4) is 0 Å². The summed E-state index contributed by atoms with van der Waals surface area (Å²) in [6.07, 6.45) is -0.162. The SMILES string of the molecule is O=C(O)CC1COCCN1C(=O)c1ccc(NC(=O)Nc2ccccc2)cc1. The summed E-state index contributed by atoms with van der Waals surface area (Å²) in [5.41, 5.74) is 1.63. The van der Waals surface area contributed by atoms with E-state index < -0.39 is 12.0 Å². The van der Waals surface area contributed by atoms with Gasteiger partial charge in [-0.15, -0.1) is 0 Å². The molecule has 2 aromatic rings. The van der Waals surface area contributed by atoms with Crippen LogP contribution in [0, 0.1) is 0 Å². The number of rotatable bonds is 5. The van der Waals surface area contributed by atoms with Crippen LogP contribution < -0.4 is 10.6 Å². The molecule has 1 aliphatic rings. The van der Waals surface area contributed by atoms with E-state index in [9.17, 15) is 14.4 Å². The average molecular weight is 383 g/mol. The molecule has 3 N–H and O–H groups in total. The Hall–Kier alpha value is -3.39. The van der Waals surface area contributed by atoms with Crippen LogP contribution in [-0.2, 0) is 9.53 Å². The molecule has 28 heavy (non-hydrogen) atoms. The van der Waals surface area contributed by atoms with Gasteiger partial charge < -0.3 is 25.4 Å². The lowest BCUT2D eigenvalue weighted by Crippen LogP contribution is -2.49. The van der Waals surface area contributed by atoms with E-state index in [1.807, 2.05) is 18.2 Å². The molecule has 1 aliphatic heterocycles. The number of nitrogens with one attached hydrogen (secondary N) is 2.